The first kappa shape index (κ1) is 13.8. The minimum atomic E-state index is -1.00. The van der Waals surface area contributed by atoms with Crippen molar-refractivity contribution >= 4 is 19.5 Å². The van der Waals surface area contributed by atoms with E-state index in [1.54, 1.807) is 24.3 Å². The van der Waals surface area contributed by atoms with Crippen LogP contribution in [-0.2, 0) is 4.57 Å². The lowest BCUT2D eigenvalue weighted by Crippen LogP contribution is -2.08. The van der Waals surface area contributed by atoms with E-state index < -0.39 is 8.46 Å². The Morgan fingerprint density at radius 3 is 2.21 bits per heavy atom. The fourth-order valence-corrected chi connectivity index (χ4v) is 2.87. The number of aryl methyl sites for hydroxylation is 3. The van der Waals surface area contributed by atoms with Gasteiger partial charge in [-0.05, 0) is 38.0 Å². The van der Waals surface area contributed by atoms with Gasteiger partial charge in [-0.1, -0.05) is 35.9 Å². The molecule has 19 heavy (non-hydrogen) atoms. The van der Waals surface area contributed by atoms with E-state index >= 15 is 0 Å². The van der Waals surface area contributed by atoms with Gasteiger partial charge >= 0.3 is 0 Å². The second-order valence-electron chi connectivity index (χ2n) is 4.85. The summed E-state index contributed by atoms with van der Waals surface area (Å²) in [6.07, 6.45) is 0. The minimum Gasteiger partial charge on any atom is -0.325 e. The number of carbonyl (C=O) groups is 1. The number of hydrogen-bond donors (Lipinski definition) is 0. The largest absolute Gasteiger partial charge is 0.325 e. The monoisotopic (exact) mass is 272 g/mol. The molecule has 3 heteroatoms. The van der Waals surface area contributed by atoms with Crippen LogP contribution in [0.1, 0.15) is 32.6 Å². The van der Waals surface area contributed by atoms with Crippen LogP contribution in [0.3, 0.4) is 0 Å². The zero-order valence-electron chi connectivity index (χ0n) is 11.4. The maximum atomic E-state index is 12.6. The van der Waals surface area contributed by atoms with Crippen molar-refractivity contribution in [2.75, 3.05) is 0 Å². The van der Waals surface area contributed by atoms with Crippen molar-refractivity contribution in [1.29, 1.82) is 0 Å². The second kappa shape index (κ2) is 5.54. The average Bonchev–Trinajstić information content (AvgIpc) is 2.37. The molecule has 0 N–H and O–H groups in total. The molecule has 0 aliphatic rings. The molecule has 0 aliphatic heterocycles. The van der Waals surface area contributed by atoms with Crippen LogP contribution in [0, 0.1) is 20.8 Å². The molecule has 0 saturated heterocycles. The van der Waals surface area contributed by atoms with Gasteiger partial charge in [-0.25, -0.2) is 0 Å². The molecule has 2 rings (SSSR count). The van der Waals surface area contributed by atoms with E-state index in [4.69, 9.17) is 0 Å². The maximum absolute atomic E-state index is 12.6. The van der Waals surface area contributed by atoms with Crippen molar-refractivity contribution in [3.05, 3.63) is 64.2 Å². The lowest BCUT2D eigenvalue weighted by atomic mass is 9.93. The Balaban J connectivity index is 2.53. The second-order valence-corrected chi connectivity index (χ2v) is 5.75. The molecule has 0 amide bonds. The third-order valence-electron chi connectivity index (χ3n) is 3.19. The van der Waals surface area contributed by atoms with Crippen molar-refractivity contribution in [3.63, 3.8) is 0 Å². The standard InChI is InChI=1S/C16H17O2P/c1-10-7-11(2)15(12(3)8-10)16(17)13-5-4-6-14(9-13)19-18/h4-9H,19H2,1-3H3. The van der Waals surface area contributed by atoms with Crippen LogP contribution < -0.4 is 5.30 Å². The summed E-state index contributed by atoms with van der Waals surface area (Å²) in [5.41, 5.74) is 4.49. The summed E-state index contributed by atoms with van der Waals surface area (Å²) in [4.78, 5) is 12.6. The van der Waals surface area contributed by atoms with Gasteiger partial charge in [-0.15, -0.1) is 0 Å². The van der Waals surface area contributed by atoms with Gasteiger partial charge in [0.2, 0.25) is 0 Å². The summed E-state index contributed by atoms with van der Waals surface area (Å²) >= 11 is 0. The molecule has 0 aliphatic carbocycles. The quantitative estimate of drug-likeness (QED) is 0.635. The van der Waals surface area contributed by atoms with Crippen LogP contribution in [-0.4, -0.2) is 5.78 Å². The molecule has 2 nitrogen and oxygen atoms in total. The van der Waals surface area contributed by atoms with E-state index in [-0.39, 0.29) is 5.78 Å². The number of rotatable bonds is 3. The van der Waals surface area contributed by atoms with E-state index in [0.717, 1.165) is 27.6 Å². The highest BCUT2D eigenvalue weighted by molar-refractivity contribution is 7.34. The lowest BCUT2D eigenvalue weighted by Gasteiger charge is -2.10. The number of benzene rings is 2. The predicted molar refractivity (Wildman–Crippen MR) is 80.6 cm³/mol. The average molecular weight is 272 g/mol. The molecule has 0 spiro atoms. The van der Waals surface area contributed by atoms with Crippen LogP contribution in [0.15, 0.2) is 36.4 Å². The molecule has 1 atom stereocenters. The van der Waals surface area contributed by atoms with Crippen molar-refractivity contribution in [2.45, 2.75) is 20.8 Å². The summed E-state index contributed by atoms with van der Waals surface area (Å²) in [5, 5.41) is 0.730. The molecule has 0 bridgehead atoms. The van der Waals surface area contributed by atoms with Crippen molar-refractivity contribution in [2.24, 2.45) is 0 Å². The summed E-state index contributed by atoms with van der Waals surface area (Å²) in [7, 11) is -1.00. The third-order valence-corrected chi connectivity index (χ3v) is 3.82. The first-order valence-electron chi connectivity index (χ1n) is 6.20. The third kappa shape index (κ3) is 2.85. The van der Waals surface area contributed by atoms with Gasteiger partial charge < -0.3 is 4.57 Å². The predicted octanol–water partition coefficient (Wildman–Crippen LogP) is 3.22. The molecule has 2 aromatic rings. The van der Waals surface area contributed by atoms with Gasteiger partial charge in [0, 0.05) is 16.4 Å². The Labute approximate surface area is 114 Å². The van der Waals surface area contributed by atoms with E-state index in [2.05, 4.69) is 0 Å². The Hall–Kier alpha value is -1.66. The minimum absolute atomic E-state index is 0.00435. The van der Waals surface area contributed by atoms with Crippen LogP contribution >= 0.6 is 8.46 Å². The highest BCUT2D eigenvalue weighted by Gasteiger charge is 2.15. The Bertz CT molecular complexity index is 637. The Kier molecular flexibility index (Phi) is 4.01. The van der Waals surface area contributed by atoms with Gasteiger partial charge in [0.15, 0.2) is 5.78 Å². The molecule has 1 unspecified atom stereocenters. The van der Waals surface area contributed by atoms with Crippen molar-refractivity contribution in [3.8, 4) is 0 Å². The van der Waals surface area contributed by atoms with Gasteiger partial charge in [0.05, 0.1) is 8.46 Å². The number of hydrogen-bond acceptors (Lipinski definition) is 2. The fourth-order valence-electron chi connectivity index (χ4n) is 2.44. The topological polar surface area (TPSA) is 34.1 Å². The zero-order chi connectivity index (χ0) is 14.0. The first-order valence-corrected chi connectivity index (χ1v) is 7.25. The first-order chi connectivity index (χ1) is 9.02. The van der Waals surface area contributed by atoms with E-state index in [9.17, 15) is 9.36 Å². The normalized spacial score (nSPS) is 11.1. The Morgan fingerprint density at radius 2 is 1.63 bits per heavy atom. The molecule has 0 saturated carbocycles. The molecule has 0 aromatic heterocycles. The van der Waals surface area contributed by atoms with E-state index in [1.165, 1.54) is 0 Å². The molecule has 2 aromatic carbocycles. The smallest absolute Gasteiger partial charge is 0.193 e. The molecular formula is C16H17O2P. The molecule has 98 valence electrons. The molecule has 0 fully saturated rings. The van der Waals surface area contributed by atoms with E-state index in [0.29, 0.717) is 5.56 Å². The van der Waals surface area contributed by atoms with Gasteiger partial charge in [0.25, 0.3) is 0 Å². The number of carbonyl (C=O) groups excluding carboxylic acids is 1. The summed E-state index contributed by atoms with van der Waals surface area (Å²) in [6, 6.07) is 11.1. The van der Waals surface area contributed by atoms with Crippen LogP contribution in [0.2, 0.25) is 0 Å². The summed E-state index contributed by atoms with van der Waals surface area (Å²) < 4.78 is 11.0. The van der Waals surface area contributed by atoms with Gasteiger partial charge in [-0.2, -0.15) is 0 Å². The van der Waals surface area contributed by atoms with Gasteiger partial charge in [0.1, 0.15) is 0 Å². The highest BCUT2D eigenvalue weighted by atomic mass is 31.1. The SMILES string of the molecule is Cc1cc(C)c(C(=O)c2cccc([PH2]=O)c2)c(C)c1. The van der Waals surface area contributed by atoms with Crippen molar-refractivity contribution < 1.29 is 9.36 Å². The highest BCUT2D eigenvalue weighted by Crippen LogP contribution is 2.20. The summed E-state index contributed by atoms with van der Waals surface area (Å²) in [5.74, 6) is 0.00435. The van der Waals surface area contributed by atoms with Crippen molar-refractivity contribution in [1.82, 2.24) is 0 Å². The number of ketones is 1. The fraction of sp³-hybridized carbons (Fsp3) is 0.188. The van der Waals surface area contributed by atoms with Gasteiger partial charge in [-0.3, -0.25) is 4.79 Å². The summed E-state index contributed by atoms with van der Waals surface area (Å²) in [6.45, 7) is 5.93. The molecule has 0 heterocycles. The van der Waals surface area contributed by atoms with Crippen LogP contribution in [0.5, 0.6) is 0 Å². The molecular weight excluding hydrogens is 255 g/mol. The van der Waals surface area contributed by atoms with E-state index in [1.807, 2.05) is 32.9 Å². The van der Waals surface area contributed by atoms with Crippen LogP contribution in [0.25, 0.3) is 0 Å². The zero-order valence-corrected chi connectivity index (χ0v) is 12.5. The lowest BCUT2D eigenvalue weighted by molar-refractivity contribution is 0.103. The molecule has 0 radical (unpaired) electrons. The van der Waals surface area contributed by atoms with Crippen LogP contribution in [0.4, 0.5) is 0 Å². The maximum Gasteiger partial charge on any atom is 0.193 e. The Morgan fingerprint density at radius 1 is 1.00 bits per heavy atom.